The zero-order valence-electron chi connectivity index (χ0n) is 19.8. The van der Waals surface area contributed by atoms with E-state index in [9.17, 15) is 0 Å². The first-order valence-corrected chi connectivity index (χ1v) is 11.2. The normalized spacial score (nSPS) is 11.4. The van der Waals surface area contributed by atoms with Gasteiger partial charge in [-0.15, -0.1) is 0 Å². The predicted molar refractivity (Wildman–Crippen MR) is 140 cm³/mol. The number of hydrogen-bond donors (Lipinski definition) is 0. The van der Waals surface area contributed by atoms with Crippen molar-refractivity contribution in [1.29, 1.82) is 0 Å². The van der Waals surface area contributed by atoms with Gasteiger partial charge in [0, 0.05) is 57.7 Å². The van der Waals surface area contributed by atoms with Gasteiger partial charge >= 0.3 is 0 Å². The Bertz CT molecular complexity index is 1510. The van der Waals surface area contributed by atoms with Crippen LogP contribution in [0.25, 0.3) is 43.6 Å². The van der Waals surface area contributed by atoms with Crippen molar-refractivity contribution >= 4 is 43.6 Å². The van der Waals surface area contributed by atoms with Gasteiger partial charge < -0.3 is 9.13 Å². The molecule has 0 aliphatic rings. The Morgan fingerprint density at radius 1 is 0.375 bits per heavy atom. The van der Waals surface area contributed by atoms with Crippen LogP contribution in [0.2, 0.25) is 0 Å². The third-order valence-corrected chi connectivity index (χ3v) is 6.64. The Hall–Kier alpha value is -3.52. The molecule has 0 spiro atoms. The molecule has 32 heavy (non-hydrogen) atoms. The monoisotopic (exact) mass is 418 g/mol. The second-order valence-electron chi connectivity index (χ2n) is 9.20. The molecule has 6 aromatic rings. The van der Waals surface area contributed by atoms with Gasteiger partial charge in [0.05, 0.1) is 0 Å². The first kappa shape index (κ1) is 20.4. The van der Waals surface area contributed by atoms with Crippen LogP contribution in [0.5, 0.6) is 0 Å². The van der Waals surface area contributed by atoms with Gasteiger partial charge in [0.2, 0.25) is 0 Å². The van der Waals surface area contributed by atoms with Gasteiger partial charge in [-0.2, -0.15) is 0 Å². The molecule has 160 valence electrons. The first-order chi connectivity index (χ1) is 15.3. The molecule has 0 N–H and O–H groups in total. The molecule has 0 saturated heterocycles. The maximum atomic E-state index is 2.28. The van der Waals surface area contributed by atoms with Crippen LogP contribution in [0.1, 0.15) is 22.3 Å². The van der Waals surface area contributed by atoms with Crippen molar-refractivity contribution in [3.05, 3.63) is 95.1 Å². The molecule has 0 amide bonds. The van der Waals surface area contributed by atoms with Gasteiger partial charge in [-0.3, -0.25) is 0 Å². The third-order valence-electron chi connectivity index (χ3n) is 6.64. The molecule has 0 saturated carbocycles. The maximum absolute atomic E-state index is 2.28. The van der Waals surface area contributed by atoms with E-state index in [1.807, 2.05) is 0 Å². The molecule has 2 heterocycles. The fraction of sp³-hybridized carbons (Fsp3) is 0.200. The molecule has 4 aromatic carbocycles. The summed E-state index contributed by atoms with van der Waals surface area (Å²) in [4.78, 5) is 0. The quantitative estimate of drug-likeness (QED) is 0.237. The summed E-state index contributed by atoms with van der Waals surface area (Å²) in [5.74, 6) is 0. The molecule has 0 aliphatic heterocycles. The van der Waals surface area contributed by atoms with Crippen molar-refractivity contribution in [3.63, 3.8) is 0 Å². The Balaban J connectivity index is 0.000000135. The van der Waals surface area contributed by atoms with Gasteiger partial charge in [-0.25, -0.2) is 0 Å². The van der Waals surface area contributed by atoms with E-state index in [4.69, 9.17) is 0 Å². The number of aryl methyl sites for hydroxylation is 6. The lowest BCUT2D eigenvalue weighted by molar-refractivity contribution is 1.01. The highest BCUT2D eigenvalue weighted by Gasteiger charge is 2.08. The average molecular weight is 419 g/mol. The smallest absolute Gasteiger partial charge is 0.0491 e. The Morgan fingerprint density at radius 3 is 1.16 bits per heavy atom. The van der Waals surface area contributed by atoms with Gasteiger partial charge in [0.25, 0.3) is 0 Å². The van der Waals surface area contributed by atoms with E-state index in [0.29, 0.717) is 0 Å². The molecule has 2 heteroatoms. The molecule has 2 nitrogen and oxygen atoms in total. The van der Waals surface area contributed by atoms with Gasteiger partial charge in [-0.1, -0.05) is 47.5 Å². The minimum absolute atomic E-state index is 1.31. The van der Waals surface area contributed by atoms with Gasteiger partial charge in [-0.05, 0) is 75.2 Å². The topological polar surface area (TPSA) is 9.86 Å². The summed E-state index contributed by atoms with van der Waals surface area (Å²) in [5, 5.41) is 5.42. The minimum Gasteiger partial charge on any atom is -0.344 e. The molecule has 2 aromatic heterocycles. The molecule has 0 atom stereocenters. The molecule has 0 fully saturated rings. The zero-order valence-corrected chi connectivity index (χ0v) is 19.8. The summed E-state index contributed by atoms with van der Waals surface area (Å²) in [7, 11) is 4.28. The van der Waals surface area contributed by atoms with E-state index in [1.54, 1.807) is 0 Å². The van der Waals surface area contributed by atoms with E-state index in [-0.39, 0.29) is 0 Å². The van der Waals surface area contributed by atoms with Gasteiger partial charge in [0.15, 0.2) is 0 Å². The van der Waals surface area contributed by atoms with Crippen LogP contribution in [0, 0.1) is 27.7 Å². The Labute approximate surface area is 189 Å². The number of fused-ring (bicyclic) bond motifs is 6. The number of rotatable bonds is 0. The first-order valence-electron chi connectivity index (χ1n) is 11.2. The van der Waals surface area contributed by atoms with Crippen LogP contribution >= 0.6 is 0 Å². The lowest BCUT2D eigenvalue weighted by Crippen LogP contribution is -1.87. The van der Waals surface area contributed by atoms with Crippen molar-refractivity contribution < 1.29 is 0 Å². The Kier molecular flexibility index (Phi) is 4.82. The second kappa shape index (κ2) is 7.56. The van der Waals surface area contributed by atoms with Crippen molar-refractivity contribution in [2.24, 2.45) is 14.1 Å². The molecular weight excluding hydrogens is 388 g/mol. The zero-order chi connectivity index (χ0) is 22.6. The van der Waals surface area contributed by atoms with Crippen LogP contribution in [0.4, 0.5) is 0 Å². The highest BCUT2D eigenvalue weighted by molar-refractivity contribution is 6.09. The lowest BCUT2D eigenvalue weighted by Gasteiger charge is -1.99. The molecule has 0 unspecified atom stereocenters. The minimum atomic E-state index is 1.31. The van der Waals surface area contributed by atoms with Crippen LogP contribution in [-0.2, 0) is 14.1 Å². The van der Waals surface area contributed by atoms with Crippen LogP contribution in [0.15, 0.2) is 72.8 Å². The summed E-state index contributed by atoms with van der Waals surface area (Å²) >= 11 is 0. The molecule has 0 aliphatic carbocycles. The summed E-state index contributed by atoms with van der Waals surface area (Å²) in [6.07, 6.45) is 0. The second-order valence-corrected chi connectivity index (χ2v) is 9.20. The standard InChI is InChI=1S/2C15H15N/c1-10-4-6-14-12(8-10)13-9-11(2)5-7-15(13)16(14)3;1-10-4-6-12-13-7-5-11(2)9-15(13)16(3)14(12)8-10/h2*4-9H,1-3H3. The van der Waals surface area contributed by atoms with Crippen LogP contribution < -0.4 is 0 Å². The van der Waals surface area contributed by atoms with Crippen LogP contribution in [-0.4, -0.2) is 9.13 Å². The van der Waals surface area contributed by atoms with E-state index in [2.05, 4.69) is 124 Å². The number of hydrogen-bond acceptors (Lipinski definition) is 0. The van der Waals surface area contributed by atoms with Crippen molar-refractivity contribution in [3.8, 4) is 0 Å². The SMILES string of the molecule is Cc1ccc2c(c1)c1cc(C)ccc1n2C.Cc1ccc2c3ccc(C)cc3n(C)c2c1. The largest absolute Gasteiger partial charge is 0.344 e. The molecule has 0 bridgehead atoms. The Morgan fingerprint density at radius 2 is 0.719 bits per heavy atom. The average Bonchev–Trinajstić information content (AvgIpc) is 3.19. The summed E-state index contributed by atoms with van der Waals surface area (Å²) in [6, 6.07) is 26.6. The van der Waals surface area contributed by atoms with Crippen molar-refractivity contribution in [1.82, 2.24) is 9.13 Å². The van der Waals surface area contributed by atoms with Crippen molar-refractivity contribution in [2.75, 3.05) is 0 Å². The molecule has 0 radical (unpaired) electrons. The number of nitrogens with zero attached hydrogens (tertiary/aromatic N) is 2. The lowest BCUT2D eigenvalue weighted by atomic mass is 10.1. The number of benzene rings is 4. The number of aromatic nitrogens is 2. The maximum Gasteiger partial charge on any atom is 0.0491 e. The summed E-state index contributed by atoms with van der Waals surface area (Å²) in [5.41, 5.74) is 10.5. The highest BCUT2D eigenvalue weighted by atomic mass is 14.9. The fourth-order valence-electron chi connectivity index (χ4n) is 4.87. The molecular formula is C30H30N2. The third kappa shape index (κ3) is 3.27. The van der Waals surface area contributed by atoms with E-state index in [0.717, 1.165) is 0 Å². The van der Waals surface area contributed by atoms with E-state index in [1.165, 1.54) is 65.9 Å². The predicted octanol–water partition coefficient (Wildman–Crippen LogP) is 7.90. The van der Waals surface area contributed by atoms with E-state index >= 15 is 0 Å². The molecule has 6 rings (SSSR count). The fourth-order valence-corrected chi connectivity index (χ4v) is 4.87. The van der Waals surface area contributed by atoms with Crippen LogP contribution in [0.3, 0.4) is 0 Å². The van der Waals surface area contributed by atoms with Gasteiger partial charge in [0.1, 0.15) is 0 Å². The summed E-state index contributed by atoms with van der Waals surface area (Å²) in [6.45, 7) is 8.58. The summed E-state index contributed by atoms with van der Waals surface area (Å²) < 4.78 is 4.55. The van der Waals surface area contributed by atoms with E-state index < -0.39 is 0 Å². The van der Waals surface area contributed by atoms with Crippen molar-refractivity contribution in [2.45, 2.75) is 27.7 Å². The highest BCUT2D eigenvalue weighted by Crippen LogP contribution is 2.30.